The van der Waals surface area contributed by atoms with Crippen LogP contribution >= 0.6 is 15.9 Å². The molecule has 0 radical (unpaired) electrons. The fourth-order valence-electron chi connectivity index (χ4n) is 2.66. The van der Waals surface area contributed by atoms with Gasteiger partial charge in [0.1, 0.15) is 18.1 Å². The number of ether oxygens (including phenoxy) is 2. The van der Waals surface area contributed by atoms with E-state index in [2.05, 4.69) is 33.4 Å². The molecule has 154 valence electrons. The zero-order valence-electron chi connectivity index (χ0n) is 16.7. The van der Waals surface area contributed by atoms with E-state index < -0.39 is 0 Å². The minimum absolute atomic E-state index is 0.123. The van der Waals surface area contributed by atoms with Crippen molar-refractivity contribution in [3.05, 3.63) is 94.0 Å². The monoisotopic (exact) mass is 466 g/mol. The van der Waals surface area contributed by atoms with Crippen molar-refractivity contribution < 1.29 is 14.3 Å². The highest BCUT2D eigenvalue weighted by Gasteiger charge is 2.05. The van der Waals surface area contributed by atoms with Crippen LogP contribution in [0.1, 0.15) is 23.6 Å². The summed E-state index contributed by atoms with van der Waals surface area (Å²) >= 11 is 3.46. The van der Waals surface area contributed by atoms with Gasteiger partial charge in [0.25, 0.3) is 5.91 Å². The van der Waals surface area contributed by atoms with E-state index >= 15 is 0 Å². The number of aryl methyl sites for hydroxylation is 1. The Labute approximate surface area is 184 Å². The van der Waals surface area contributed by atoms with E-state index in [0.29, 0.717) is 12.4 Å². The number of halogens is 1. The molecule has 30 heavy (non-hydrogen) atoms. The number of hydrazone groups is 1. The first kappa shape index (κ1) is 21.6. The van der Waals surface area contributed by atoms with Crippen molar-refractivity contribution >= 4 is 28.1 Å². The number of amides is 1. The highest BCUT2D eigenvalue weighted by Crippen LogP contribution is 2.26. The normalized spacial score (nSPS) is 10.7. The van der Waals surface area contributed by atoms with Gasteiger partial charge in [0.05, 0.1) is 10.7 Å². The van der Waals surface area contributed by atoms with Gasteiger partial charge >= 0.3 is 0 Å². The number of hydrogen-bond acceptors (Lipinski definition) is 4. The van der Waals surface area contributed by atoms with Crippen LogP contribution in [-0.2, 0) is 17.8 Å². The molecule has 0 aliphatic rings. The van der Waals surface area contributed by atoms with Gasteiger partial charge in [0.15, 0.2) is 6.61 Å². The minimum atomic E-state index is -0.339. The number of carbonyl (C=O) groups excluding carboxylic acids is 1. The number of rotatable bonds is 9. The number of hydrogen-bond donors (Lipinski definition) is 1. The molecule has 1 amide bonds. The van der Waals surface area contributed by atoms with Gasteiger partial charge in [0, 0.05) is 0 Å². The molecular weight excluding hydrogens is 444 g/mol. The summed E-state index contributed by atoms with van der Waals surface area (Å²) in [5, 5.41) is 3.99. The maximum Gasteiger partial charge on any atom is 0.277 e. The lowest BCUT2D eigenvalue weighted by Gasteiger charge is -2.08. The lowest BCUT2D eigenvalue weighted by Crippen LogP contribution is -2.24. The van der Waals surface area contributed by atoms with Crippen LogP contribution in [0.15, 0.2) is 82.4 Å². The van der Waals surface area contributed by atoms with Crippen molar-refractivity contribution in [2.75, 3.05) is 6.61 Å². The van der Waals surface area contributed by atoms with Crippen molar-refractivity contribution in [2.24, 2.45) is 5.10 Å². The second-order valence-corrected chi connectivity index (χ2v) is 7.40. The second-order valence-electron chi connectivity index (χ2n) is 6.55. The molecule has 0 heterocycles. The molecule has 0 unspecified atom stereocenters. The van der Waals surface area contributed by atoms with Gasteiger partial charge in [-0.3, -0.25) is 4.79 Å². The predicted molar refractivity (Wildman–Crippen MR) is 122 cm³/mol. The minimum Gasteiger partial charge on any atom is -0.489 e. The van der Waals surface area contributed by atoms with Crippen molar-refractivity contribution in [3.63, 3.8) is 0 Å². The maximum absolute atomic E-state index is 12.0. The highest BCUT2D eigenvalue weighted by molar-refractivity contribution is 9.10. The Balaban J connectivity index is 1.47. The molecular formula is C24H23BrN2O3. The molecule has 3 aromatic rings. The van der Waals surface area contributed by atoms with Crippen LogP contribution < -0.4 is 14.9 Å². The molecule has 0 bridgehead atoms. The van der Waals surface area contributed by atoms with Crippen LogP contribution in [0.4, 0.5) is 0 Å². The summed E-state index contributed by atoms with van der Waals surface area (Å²) in [6.45, 7) is 2.45. The number of carbonyl (C=O) groups is 1. The van der Waals surface area contributed by atoms with Crippen molar-refractivity contribution in [1.29, 1.82) is 0 Å². The summed E-state index contributed by atoms with van der Waals surface area (Å²) in [7, 11) is 0. The van der Waals surface area contributed by atoms with E-state index in [-0.39, 0.29) is 12.5 Å². The Kier molecular flexibility index (Phi) is 8.03. The van der Waals surface area contributed by atoms with Crippen LogP contribution in [0.25, 0.3) is 0 Å². The van der Waals surface area contributed by atoms with E-state index in [1.807, 2.05) is 72.8 Å². The van der Waals surface area contributed by atoms with Gasteiger partial charge in [-0.2, -0.15) is 5.10 Å². The SMILES string of the molecule is CCc1ccc(OCC(=O)N/N=C/c2cccc(OCc3ccccc3)c2)c(Br)c1. The van der Waals surface area contributed by atoms with Gasteiger partial charge in [-0.15, -0.1) is 0 Å². The molecule has 0 aromatic heterocycles. The molecule has 6 heteroatoms. The van der Waals surface area contributed by atoms with E-state index in [9.17, 15) is 4.79 Å². The predicted octanol–water partition coefficient (Wildman–Crippen LogP) is 5.12. The largest absolute Gasteiger partial charge is 0.489 e. The number of nitrogens with one attached hydrogen (secondary N) is 1. The third kappa shape index (κ3) is 6.74. The summed E-state index contributed by atoms with van der Waals surface area (Å²) in [4.78, 5) is 12.0. The van der Waals surface area contributed by atoms with E-state index in [0.717, 1.165) is 27.8 Å². The molecule has 3 aromatic carbocycles. The molecule has 0 aliphatic heterocycles. The Bertz CT molecular complexity index is 1010. The van der Waals surface area contributed by atoms with Crippen LogP contribution in [0, 0.1) is 0 Å². The van der Waals surface area contributed by atoms with Crippen LogP contribution in [-0.4, -0.2) is 18.7 Å². The molecule has 5 nitrogen and oxygen atoms in total. The van der Waals surface area contributed by atoms with E-state index in [4.69, 9.17) is 9.47 Å². The molecule has 0 spiro atoms. The number of benzene rings is 3. The molecule has 0 atom stereocenters. The summed E-state index contributed by atoms with van der Waals surface area (Å²) in [6.07, 6.45) is 2.51. The first-order valence-electron chi connectivity index (χ1n) is 9.64. The summed E-state index contributed by atoms with van der Waals surface area (Å²) in [5.41, 5.74) is 5.58. The number of nitrogens with zero attached hydrogens (tertiary/aromatic N) is 1. The first-order valence-corrected chi connectivity index (χ1v) is 10.4. The lowest BCUT2D eigenvalue weighted by atomic mass is 10.2. The smallest absolute Gasteiger partial charge is 0.277 e. The third-order valence-electron chi connectivity index (χ3n) is 4.27. The average Bonchev–Trinajstić information content (AvgIpc) is 2.78. The third-order valence-corrected chi connectivity index (χ3v) is 4.89. The van der Waals surface area contributed by atoms with Gasteiger partial charge < -0.3 is 9.47 Å². The van der Waals surface area contributed by atoms with Crippen molar-refractivity contribution in [2.45, 2.75) is 20.0 Å². The molecule has 0 aliphatic carbocycles. The summed E-state index contributed by atoms with van der Waals surface area (Å²) in [5.74, 6) is 1.02. The van der Waals surface area contributed by atoms with Crippen LogP contribution in [0.3, 0.4) is 0 Å². The molecule has 1 N–H and O–H groups in total. The zero-order chi connectivity index (χ0) is 21.2. The van der Waals surface area contributed by atoms with Crippen molar-refractivity contribution in [1.82, 2.24) is 5.43 Å². The maximum atomic E-state index is 12.0. The first-order chi connectivity index (χ1) is 14.6. The topological polar surface area (TPSA) is 59.9 Å². The van der Waals surface area contributed by atoms with Gasteiger partial charge in [-0.25, -0.2) is 5.43 Å². The average molecular weight is 467 g/mol. The molecule has 0 saturated carbocycles. The Morgan fingerprint density at radius 2 is 1.83 bits per heavy atom. The highest BCUT2D eigenvalue weighted by atomic mass is 79.9. The Morgan fingerprint density at radius 3 is 2.60 bits per heavy atom. The standard InChI is InChI=1S/C24H23BrN2O3/c1-2-18-11-12-23(22(25)14-18)30-17-24(28)27-26-15-20-9-6-10-21(13-20)29-16-19-7-4-3-5-8-19/h3-15H,2,16-17H2,1H3,(H,27,28)/b26-15+. The fraction of sp³-hybridized carbons (Fsp3) is 0.167. The Morgan fingerprint density at radius 1 is 1.00 bits per heavy atom. The van der Waals surface area contributed by atoms with E-state index in [1.165, 1.54) is 5.56 Å². The fourth-order valence-corrected chi connectivity index (χ4v) is 3.20. The van der Waals surface area contributed by atoms with Gasteiger partial charge in [-0.05, 0) is 63.3 Å². The van der Waals surface area contributed by atoms with Gasteiger partial charge in [-0.1, -0.05) is 55.5 Å². The lowest BCUT2D eigenvalue weighted by molar-refractivity contribution is -0.123. The van der Waals surface area contributed by atoms with Crippen LogP contribution in [0.2, 0.25) is 0 Å². The Hall–Kier alpha value is -3.12. The molecule has 0 fully saturated rings. The molecule has 0 saturated heterocycles. The van der Waals surface area contributed by atoms with E-state index in [1.54, 1.807) is 6.21 Å². The summed E-state index contributed by atoms with van der Waals surface area (Å²) < 4.78 is 12.2. The zero-order valence-corrected chi connectivity index (χ0v) is 18.3. The quantitative estimate of drug-likeness (QED) is 0.351. The van der Waals surface area contributed by atoms with Gasteiger partial charge in [0.2, 0.25) is 0 Å². The summed E-state index contributed by atoms with van der Waals surface area (Å²) in [6, 6.07) is 23.3. The van der Waals surface area contributed by atoms with Crippen LogP contribution in [0.5, 0.6) is 11.5 Å². The molecule has 3 rings (SSSR count). The second kappa shape index (κ2) is 11.2. The van der Waals surface area contributed by atoms with Crippen molar-refractivity contribution in [3.8, 4) is 11.5 Å².